The van der Waals surface area contributed by atoms with Gasteiger partial charge in [0.15, 0.2) is 6.29 Å². The molecule has 1 aromatic carbocycles. The lowest BCUT2D eigenvalue weighted by Crippen LogP contribution is -2.26. The lowest BCUT2D eigenvalue weighted by atomic mass is 10.2. The topological polar surface area (TPSA) is 39.7 Å². The van der Waals surface area contributed by atoms with Crippen LogP contribution in [0, 0.1) is 0 Å². The van der Waals surface area contributed by atoms with Crippen LogP contribution in [0.1, 0.15) is 11.9 Å². The van der Waals surface area contributed by atoms with Crippen LogP contribution in [0.4, 0.5) is 0 Å². The van der Waals surface area contributed by atoms with Gasteiger partial charge in [0.1, 0.15) is 12.0 Å². The summed E-state index contributed by atoms with van der Waals surface area (Å²) in [5.74, 6) is 0.835. The fourth-order valence-corrected chi connectivity index (χ4v) is 1.49. The molecule has 2 unspecified atom stereocenters. The minimum absolute atomic E-state index is 0.0166. The molecule has 0 aliphatic carbocycles. The second kappa shape index (κ2) is 4.61. The Morgan fingerprint density at radius 1 is 1.33 bits per heavy atom. The summed E-state index contributed by atoms with van der Waals surface area (Å²) >= 11 is 0. The highest BCUT2D eigenvalue weighted by Crippen LogP contribution is 2.26. The van der Waals surface area contributed by atoms with Gasteiger partial charge in [-0.3, -0.25) is 5.32 Å². The normalized spacial score (nSPS) is 25.5. The molecule has 0 saturated carbocycles. The SMILES string of the molecule is CNC1COC(c2ccc(OC)cc2)O1. The van der Waals surface area contributed by atoms with E-state index in [2.05, 4.69) is 5.32 Å². The summed E-state index contributed by atoms with van der Waals surface area (Å²) in [5.41, 5.74) is 1.01. The van der Waals surface area contributed by atoms with Crippen LogP contribution in [0.3, 0.4) is 0 Å². The third kappa shape index (κ3) is 2.28. The zero-order chi connectivity index (χ0) is 10.7. The van der Waals surface area contributed by atoms with Crippen LogP contribution in [-0.2, 0) is 9.47 Å². The molecule has 0 radical (unpaired) electrons. The highest BCUT2D eigenvalue weighted by atomic mass is 16.7. The Morgan fingerprint density at radius 3 is 2.60 bits per heavy atom. The maximum atomic E-state index is 5.60. The number of rotatable bonds is 3. The molecule has 4 heteroatoms. The number of hydrogen-bond donors (Lipinski definition) is 1. The number of ether oxygens (including phenoxy) is 3. The fourth-order valence-electron chi connectivity index (χ4n) is 1.49. The third-order valence-corrected chi connectivity index (χ3v) is 2.40. The average Bonchev–Trinajstić information content (AvgIpc) is 2.78. The Kier molecular flexibility index (Phi) is 3.20. The number of benzene rings is 1. The van der Waals surface area contributed by atoms with Crippen molar-refractivity contribution < 1.29 is 14.2 Å². The zero-order valence-electron chi connectivity index (χ0n) is 8.90. The highest BCUT2D eigenvalue weighted by Gasteiger charge is 2.25. The van der Waals surface area contributed by atoms with Crippen molar-refractivity contribution in [1.29, 1.82) is 0 Å². The van der Waals surface area contributed by atoms with Gasteiger partial charge in [-0.25, -0.2) is 0 Å². The van der Waals surface area contributed by atoms with Crippen molar-refractivity contribution in [1.82, 2.24) is 5.32 Å². The molecule has 0 aromatic heterocycles. The summed E-state index contributed by atoms with van der Waals surface area (Å²) in [7, 11) is 3.50. The van der Waals surface area contributed by atoms with Crippen LogP contribution in [0.5, 0.6) is 5.75 Å². The summed E-state index contributed by atoms with van der Waals surface area (Å²) in [6, 6.07) is 7.69. The lowest BCUT2D eigenvalue weighted by molar-refractivity contribution is -0.0641. The quantitative estimate of drug-likeness (QED) is 0.814. The molecule has 1 aliphatic rings. The predicted molar refractivity (Wildman–Crippen MR) is 55.6 cm³/mol. The monoisotopic (exact) mass is 209 g/mol. The van der Waals surface area contributed by atoms with E-state index in [1.165, 1.54) is 0 Å². The molecule has 1 saturated heterocycles. The summed E-state index contributed by atoms with van der Waals surface area (Å²) in [6.45, 7) is 0.577. The molecule has 2 atom stereocenters. The standard InChI is InChI=1S/C11H15NO3/c1-12-10-7-14-11(15-10)8-3-5-9(13-2)6-4-8/h3-6,10-12H,7H2,1-2H3. The van der Waals surface area contributed by atoms with Gasteiger partial charge < -0.3 is 14.2 Å². The van der Waals surface area contributed by atoms with Crippen molar-refractivity contribution in [3.05, 3.63) is 29.8 Å². The van der Waals surface area contributed by atoms with Crippen molar-refractivity contribution in [2.24, 2.45) is 0 Å². The molecule has 4 nitrogen and oxygen atoms in total. The molecule has 0 bridgehead atoms. The Bertz CT molecular complexity index is 312. The van der Waals surface area contributed by atoms with E-state index in [1.54, 1.807) is 7.11 Å². The molecule has 1 aliphatic heterocycles. The first-order valence-electron chi connectivity index (χ1n) is 4.92. The number of methoxy groups -OCH3 is 1. The van der Waals surface area contributed by atoms with Crippen LogP contribution in [-0.4, -0.2) is 27.0 Å². The molecule has 1 fully saturated rings. The van der Waals surface area contributed by atoms with Gasteiger partial charge in [0, 0.05) is 5.56 Å². The van der Waals surface area contributed by atoms with Gasteiger partial charge in [-0.1, -0.05) is 12.1 Å². The van der Waals surface area contributed by atoms with E-state index in [9.17, 15) is 0 Å². The largest absolute Gasteiger partial charge is 0.497 e. The second-order valence-electron chi connectivity index (χ2n) is 3.35. The Hall–Kier alpha value is -1.10. The lowest BCUT2D eigenvalue weighted by Gasteiger charge is -2.11. The first-order valence-corrected chi connectivity index (χ1v) is 4.92. The average molecular weight is 209 g/mol. The van der Waals surface area contributed by atoms with Gasteiger partial charge in [-0.2, -0.15) is 0 Å². The molecule has 0 spiro atoms. The van der Waals surface area contributed by atoms with Gasteiger partial charge in [-0.15, -0.1) is 0 Å². The van der Waals surface area contributed by atoms with E-state index in [1.807, 2.05) is 31.3 Å². The highest BCUT2D eigenvalue weighted by molar-refractivity contribution is 5.28. The van der Waals surface area contributed by atoms with Crippen molar-refractivity contribution >= 4 is 0 Å². The Labute approximate surface area is 89.1 Å². The molecular formula is C11H15NO3. The smallest absolute Gasteiger partial charge is 0.186 e. The van der Waals surface area contributed by atoms with Crippen molar-refractivity contribution in [2.75, 3.05) is 20.8 Å². The molecule has 2 rings (SSSR count). The molecule has 1 aromatic rings. The molecular weight excluding hydrogens is 194 g/mol. The van der Waals surface area contributed by atoms with E-state index in [4.69, 9.17) is 14.2 Å². The van der Waals surface area contributed by atoms with E-state index in [0.29, 0.717) is 6.61 Å². The van der Waals surface area contributed by atoms with E-state index >= 15 is 0 Å². The first-order chi connectivity index (χ1) is 7.33. The van der Waals surface area contributed by atoms with Crippen LogP contribution in [0.25, 0.3) is 0 Å². The van der Waals surface area contributed by atoms with Crippen molar-refractivity contribution in [3.8, 4) is 5.75 Å². The van der Waals surface area contributed by atoms with Gasteiger partial charge in [-0.05, 0) is 19.2 Å². The third-order valence-electron chi connectivity index (χ3n) is 2.40. The van der Waals surface area contributed by atoms with Crippen LogP contribution >= 0.6 is 0 Å². The minimum atomic E-state index is -0.270. The predicted octanol–water partition coefficient (Wildman–Crippen LogP) is 1.29. The van der Waals surface area contributed by atoms with Gasteiger partial charge in [0.25, 0.3) is 0 Å². The Morgan fingerprint density at radius 2 is 2.07 bits per heavy atom. The second-order valence-corrected chi connectivity index (χ2v) is 3.35. The van der Waals surface area contributed by atoms with Crippen LogP contribution in [0.2, 0.25) is 0 Å². The fraction of sp³-hybridized carbons (Fsp3) is 0.455. The van der Waals surface area contributed by atoms with E-state index in [-0.39, 0.29) is 12.5 Å². The summed E-state index contributed by atoms with van der Waals surface area (Å²) in [4.78, 5) is 0. The zero-order valence-corrected chi connectivity index (χ0v) is 8.90. The maximum Gasteiger partial charge on any atom is 0.186 e. The van der Waals surface area contributed by atoms with E-state index < -0.39 is 0 Å². The van der Waals surface area contributed by atoms with Gasteiger partial charge in [0.2, 0.25) is 0 Å². The number of likely N-dealkylation sites (N-methyl/N-ethyl adjacent to an activating group) is 1. The molecule has 1 heterocycles. The summed E-state index contributed by atoms with van der Waals surface area (Å²) < 4.78 is 16.2. The molecule has 0 amide bonds. The van der Waals surface area contributed by atoms with E-state index in [0.717, 1.165) is 11.3 Å². The molecule has 82 valence electrons. The van der Waals surface area contributed by atoms with Crippen LogP contribution < -0.4 is 10.1 Å². The van der Waals surface area contributed by atoms with Gasteiger partial charge in [0.05, 0.1) is 13.7 Å². The summed E-state index contributed by atoms with van der Waals surface area (Å²) in [6.07, 6.45) is -0.287. The first kappa shape index (κ1) is 10.4. The van der Waals surface area contributed by atoms with Crippen LogP contribution in [0.15, 0.2) is 24.3 Å². The van der Waals surface area contributed by atoms with Crippen molar-refractivity contribution in [3.63, 3.8) is 0 Å². The molecule has 1 N–H and O–H groups in total. The number of nitrogens with one attached hydrogen (secondary N) is 1. The van der Waals surface area contributed by atoms with Crippen molar-refractivity contribution in [2.45, 2.75) is 12.5 Å². The number of hydrogen-bond acceptors (Lipinski definition) is 4. The maximum absolute atomic E-state index is 5.60. The minimum Gasteiger partial charge on any atom is -0.497 e. The van der Waals surface area contributed by atoms with Gasteiger partial charge >= 0.3 is 0 Å². The Balaban J connectivity index is 2.04. The molecule has 15 heavy (non-hydrogen) atoms. The summed E-state index contributed by atoms with van der Waals surface area (Å²) in [5, 5.41) is 3.01.